The number of rotatable bonds is 2. The molecular weight excluding hydrogens is 290 g/mol. The Labute approximate surface area is 133 Å². The molecule has 2 amide bonds. The summed E-state index contributed by atoms with van der Waals surface area (Å²) in [6.45, 7) is 0. The van der Waals surface area contributed by atoms with Gasteiger partial charge in [-0.25, -0.2) is 0 Å². The third-order valence-electron chi connectivity index (χ3n) is 4.26. The molecule has 23 heavy (non-hydrogen) atoms. The van der Waals surface area contributed by atoms with Gasteiger partial charge in [-0.2, -0.15) is 0 Å². The maximum Gasteiger partial charge on any atom is 0.267 e. The summed E-state index contributed by atoms with van der Waals surface area (Å²) in [5, 5.41) is 9.05. The van der Waals surface area contributed by atoms with Gasteiger partial charge in [-0.05, 0) is 17.2 Å². The molecule has 1 atom stereocenters. The highest BCUT2D eigenvalue weighted by Crippen LogP contribution is 2.35. The van der Waals surface area contributed by atoms with Crippen molar-refractivity contribution >= 4 is 11.8 Å². The van der Waals surface area contributed by atoms with Gasteiger partial charge in [-0.1, -0.05) is 60.7 Å². The smallest absolute Gasteiger partial charge is 0.267 e. The van der Waals surface area contributed by atoms with Crippen molar-refractivity contribution in [1.29, 1.82) is 0 Å². The van der Waals surface area contributed by atoms with E-state index in [-0.39, 0.29) is 11.8 Å². The zero-order valence-corrected chi connectivity index (χ0v) is 12.2. The molecule has 2 aliphatic rings. The van der Waals surface area contributed by atoms with E-state index in [4.69, 9.17) is 0 Å². The Morgan fingerprint density at radius 2 is 1.30 bits per heavy atom. The summed E-state index contributed by atoms with van der Waals surface area (Å²) in [7, 11) is 0. The Morgan fingerprint density at radius 3 is 1.78 bits per heavy atom. The van der Waals surface area contributed by atoms with Crippen LogP contribution < -0.4 is 16.0 Å². The zero-order valence-electron chi connectivity index (χ0n) is 12.2. The first kappa shape index (κ1) is 13.7. The average Bonchev–Trinajstić information content (AvgIpc) is 3.11. The standard InChI is InChI=1S/C18H15N3O2/c22-15-11-12-17(19-15)16(23)20-18(21-17,13-7-3-1-4-8-13)14-9-5-2-6-10-14/h1-12,21H,(H,19,22)(H,20,23). The summed E-state index contributed by atoms with van der Waals surface area (Å²) in [5.74, 6) is -0.572. The van der Waals surface area contributed by atoms with E-state index in [1.54, 1.807) is 6.08 Å². The van der Waals surface area contributed by atoms with Crippen molar-refractivity contribution in [2.24, 2.45) is 0 Å². The minimum absolute atomic E-state index is 0.285. The number of hydrogen-bond donors (Lipinski definition) is 3. The van der Waals surface area contributed by atoms with Crippen LogP contribution in [0.1, 0.15) is 11.1 Å². The van der Waals surface area contributed by atoms with Gasteiger partial charge in [0.2, 0.25) is 5.91 Å². The number of hydrogen-bond acceptors (Lipinski definition) is 3. The fourth-order valence-electron chi connectivity index (χ4n) is 3.17. The zero-order chi connectivity index (χ0) is 15.9. The van der Waals surface area contributed by atoms with Gasteiger partial charge in [0.1, 0.15) is 5.66 Å². The molecule has 0 aliphatic carbocycles. The molecule has 5 nitrogen and oxygen atoms in total. The molecular formula is C18H15N3O2. The van der Waals surface area contributed by atoms with Gasteiger partial charge in [0.05, 0.1) is 0 Å². The van der Waals surface area contributed by atoms with Gasteiger partial charge in [-0.15, -0.1) is 0 Å². The lowest BCUT2D eigenvalue weighted by molar-refractivity contribution is -0.127. The van der Waals surface area contributed by atoms with Crippen LogP contribution in [0.2, 0.25) is 0 Å². The van der Waals surface area contributed by atoms with Crippen LogP contribution in [0.5, 0.6) is 0 Å². The molecule has 114 valence electrons. The molecule has 2 aromatic carbocycles. The van der Waals surface area contributed by atoms with Gasteiger partial charge in [-0.3, -0.25) is 14.9 Å². The molecule has 5 heteroatoms. The summed E-state index contributed by atoms with van der Waals surface area (Å²) >= 11 is 0. The van der Waals surface area contributed by atoms with Gasteiger partial charge < -0.3 is 10.6 Å². The van der Waals surface area contributed by atoms with E-state index in [1.165, 1.54) is 6.08 Å². The summed E-state index contributed by atoms with van der Waals surface area (Å²) in [4.78, 5) is 24.3. The Morgan fingerprint density at radius 1 is 0.739 bits per heavy atom. The lowest BCUT2D eigenvalue weighted by atomic mass is 9.91. The Balaban J connectivity index is 1.88. The number of amides is 2. The van der Waals surface area contributed by atoms with Gasteiger partial charge in [0.25, 0.3) is 5.91 Å². The summed E-state index contributed by atoms with van der Waals surface area (Å²) in [6, 6.07) is 19.3. The molecule has 1 unspecified atom stereocenters. The largest absolute Gasteiger partial charge is 0.327 e. The van der Waals surface area contributed by atoms with Gasteiger partial charge >= 0.3 is 0 Å². The quantitative estimate of drug-likeness (QED) is 0.775. The Kier molecular flexibility index (Phi) is 2.86. The first-order valence-electron chi connectivity index (χ1n) is 7.39. The molecule has 0 saturated carbocycles. The van der Waals surface area contributed by atoms with E-state index >= 15 is 0 Å². The van der Waals surface area contributed by atoms with E-state index in [9.17, 15) is 9.59 Å². The highest BCUT2D eigenvalue weighted by molar-refractivity contribution is 6.03. The number of carbonyl (C=O) groups excluding carboxylic acids is 2. The predicted octanol–water partition coefficient (Wildman–Crippen LogP) is 0.989. The van der Waals surface area contributed by atoms with E-state index < -0.39 is 11.3 Å². The van der Waals surface area contributed by atoms with E-state index in [0.717, 1.165) is 11.1 Å². The predicted molar refractivity (Wildman–Crippen MR) is 85.0 cm³/mol. The molecule has 2 heterocycles. The fourth-order valence-corrected chi connectivity index (χ4v) is 3.17. The van der Waals surface area contributed by atoms with Crippen molar-refractivity contribution in [2.75, 3.05) is 0 Å². The lowest BCUT2D eigenvalue weighted by Crippen LogP contribution is -2.58. The van der Waals surface area contributed by atoms with Crippen molar-refractivity contribution in [2.45, 2.75) is 11.3 Å². The second-order valence-electron chi connectivity index (χ2n) is 5.69. The van der Waals surface area contributed by atoms with Gasteiger partial charge in [0, 0.05) is 6.08 Å². The summed E-state index contributed by atoms with van der Waals surface area (Å²) < 4.78 is 0. The van der Waals surface area contributed by atoms with E-state index in [2.05, 4.69) is 16.0 Å². The maximum absolute atomic E-state index is 12.7. The van der Waals surface area contributed by atoms with Crippen LogP contribution in [0.4, 0.5) is 0 Å². The molecule has 1 spiro atoms. The van der Waals surface area contributed by atoms with E-state index in [0.29, 0.717) is 0 Å². The average molecular weight is 305 g/mol. The Bertz CT molecular complexity index is 762. The SMILES string of the molecule is O=C1C=CC2(N1)NC(c1ccccc1)(c1ccccc1)NC2=O. The van der Waals surface area contributed by atoms with Crippen molar-refractivity contribution < 1.29 is 9.59 Å². The van der Waals surface area contributed by atoms with Gasteiger partial charge in [0.15, 0.2) is 5.66 Å². The molecule has 4 rings (SSSR count). The van der Waals surface area contributed by atoms with Crippen LogP contribution in [-0.4, -0.2) is 17.5 Å². The van der Waals surface area contributed by atoms with E-state index in [1.807, 2.05) is 60.7 Å². The summed E-state index contributed by atoms with van der Waals surface area (Å²) in [6.07, 6.45) is 2.94. The number of benzene rings is 2. The lowest BCUT2D eigenvalue weighted by Gasteiger charge is -2.32. The molecule has 0 radical (unpaired) electrons. The minimum Gasteiger partial charge on any atom is -0.327 e. The monoisotopic (exact) mass is 305 g/mol. The molecule has 2 aliphatic heterocycles. The highest BCUT2D eigenvalue weighted by Gasteiger charge is 2.56. The van der Waals surface area contributed by atoms with Crippen LogP contribution in [0.25, 0.3) is 0 Å². The molecule has 1 fully saturated rings. The first-order chi connectivity index (χ1) is 11.1. The normalized spacial score (nSPS) is 24.7. The molecule has 3 N–H and O–H groups in total. The van der Waals surface area contributed by atoms with Crippen LogP contribution >= 0.6 is 0 Å². The van der Waals surface area contributed by atoms with Crippen LogP contribution in [0.3, 0.4) is 0 Å². The fraction of sp³-hybridized carbons (Fsp3) is 0.111. The van der Waals surface area contributed by atoms with Crippen LogP contribution in [0.15, 0.2) is 72.8 Å². The summed E-state index contributed by atoms with van der Waals surface area (Å²) in [5.41, 5.74) is -0.332. The molecule has 0 aromatic heterocycles. The third-order valence-corrected chi connectivity index (χ3v) is 4.26. The molecule has 1 saturated heterocycles. The minimum atomic E-state index is -1.22. The topological polar surface area (TPSA) is 70.2 Å². The third kappa shape index (κ3) is 1.98. The Hall–Kier alpha value is -2.92. The second kappa shape index (κ2) is 4.79. The van der Waals surface area contributed by atoms with Crippen molar-refractivity contribution in [3.8, 4) is 0 Å². The number of nitrogens with one attached hydrogen (secondary N) is 3. The van der Waals surface area contributed by atoms with Crippen molar-refractivity contribution in [1.82, 2.24) is 16.0 Å². The first-order valence-corrected chi connectivity index (χ1v) is 7.39. The highest BCUT2D eigenvalue weighted by atomic mass is 16.2. The van der Waals surface area contributed by atoms with Crippen LogP contribution in [0, 0.1) is 0 Å². The van der Waals surface area contributed by atoms with Crippen molar-refractivity contribution in [3.63, 3.8) is 0 Å². The van der Waals surface area contributed by atoms with Crippen LogP contribution in [-0.2, 0) is 15.3 Å². The maximum atomic E-state index is 12.7. The number of carbonyl (C=O) groups is 2. The molecule has 0 bridgehead atoms. The second-order valence-corrected chi connectivity index (χ2v) is 5.69. The molecule has 2 aromatic rings. The van der Waals surface area contributed by atoms with Crippen molar-refractivity contribution in [3.05, 3.63) is 83.9 Å².